The first-order valence-corrected chi connectivity index (χ1v) is 8.15. The summed E-state index contributed by atoms with van der Waals surface area (Å²) in [6, 6.07) is 8.60. The van der Waals surface area contributed by atoms with Crippen molar-refractivity contribution in [2.75, 3.05) is 6.26 Å². The van der Waals surface area contributed by atoms with Crippen molar-refractivity contribution in [1.29, 1.82) is 0 Å². The second-order valence-corrected chi connectivity index (χ2v) is 6.67. The number of aryl methyl sites for hydroxylation is 1. The SMILES string of the molecule is CCc1ccc(-c2nc3ccc(S(C)(=O)=O)cc3[nH]2)o1. The zero-order valence-electron chi connectivity index (χ0n) is 11.2. The predicted octanol–water partition coefficient (Wildman–Crippen LogP) is 2.79. The molecule has 0 aliphatic heterocycles. The molecule has 20 heavy (non-hydrogen) atoms. The lowest BCUT2D eigenvalue weighted by Crippen LogP contribution is -1.96. The molecule has 0 aliphatic rings. The fraction of sp³-hybridized carbons (Fsp3) is 0.214. The lowest BCUT2D eigenvalue weighted by molar-refractivity contribution is 0.526. The van der Waals surface area contributed by atoms with Gasteiger partial charge in [-0.3, -0.25) is 0 Å². The lowest BCUT2D eigenvalue weighted by atomic mass is 10.3. The highest BCUT2D eigenvalue weighted by Crippen LogP contribution is 2.24. The Morgan fingerprint density at radius 1 is 1.25 bits per heavy atom. The van der Waals surface area contributed by atoms with Gasteiger partial charge in [-0.25, -0.2) is 13.4 Å². The van der Waals surface area contributed by atoms with E-state index in [1.807, 2.05) is 19.1 Å². The molecule has 104 valence electrons. The van der Waals surface area contributed by atoms with Gasteiger partial charge in [0.2, 0.25) is 0 Å². The van der Waals surface area contributed by atoms with Crippen LogP contribution in [0.5, 0.6) is 0 Å². The van der Waals surface area contributed by atoms with Gasteiger partial charge in [0.05, 0.1) is 15.9 Å². The van der Waals surface area contributed by atoms with E-state index in [-0.39, 0.29) is 4.90 Å². The molecule has 3 rings (SSSR count). The van der Waals surface area contributed by atoms with Gasteiger partial charge in [0.15, 0.2) is 21.4 Å². The topological polar surface area (TPSA) is 76.0 Å². The first-order valence-electron chi connectivity index (χ1n) is 6.26. The van der Waals surface area contributed by atoms with E-state index in [1.54, 1.807) is 18.2 Å². The van der Waals surface area contributed by atoms with Crippen LogP contribution in [0.15, 0.2) is 39.6 Å². The number of nitrogens with one attached hydrogen (secondary N) is 1. The number of aromatic amines is 1. The number of nitrogens with zero attached hydrogens (tertiary/aromatic N) is 1. The Balaban J connectivity index is 2.11. The van der Waals surface area contributed by atoms with Crippen molar-refractivity contribution in [2.45, 2.75) is 18.2 Å². The first-order chi connectivity index (χ1) is 9.47. The van der Waals surface area contributed by atoms with E-state index < -0.39 is 9.84 Å². The highest BCUT2D eigenvalue weighted by molar-refractivity contribution is 7.90. The Morgan fingerprint density at radius 2 is 2.05 bits per heavy atom. The number of rotatable bonds is 3. The van der Waals surface area contributed by atoms with Crippen LogP contribution in [-0.2, 0) is 16.3 Å². The molecule has 0 saturated heterocycles. The third kappa shape index (κ3) is 2.22. The fourth-order valence-corrected chi connectivity index (χ4v) is 2.68. The molecule has 0 bridgehead atoms. The number of imidazole rings is 1. The van der Waals surface area contributed by atoms with Crippen LogP contribution in [-0.4, -0.2) is 24.6 Å². The minimum atomic E-state index is -3.22. The summed E-state index contributed by atoms with van der Waals surface area (Å²) in [5, 5.41) is 0. The maximum Gasteiger partial charge on any atom is 0.175 e. The Bertz CT molecular complexity index is 875. The molecule has 6 heteroatoms. The van der Waals surface area contributed by atoms with Crippen molar-refractivity contribution >= 4 is 20.9 Å². The average Bonchev–Trinajstić information content (AvgIpc) is 3.02. The highest BCUT2D eigenvalue weighted by Gasteiger charge is 2.12. The second kappa shape index (κ2) is 4.49. The van der Waals surface area contributed by atoms with Crippen molar-refractivity contribution < 1.29 is 12.8 Å². The minimum absolute atomic E-state index is 0.272. The van der Waals surface area contributed by atoms with Gasteiger partial charge in [0.25, 0.3) is 0 Å². The van der Waals surface area contributed by atoms with Gasteiger partial charge in [-0.15, -0.1) is 0 Å². The van der Waals surface area contributed by atoms with E-state index >= 15 is 0 Å². The van der Waals surface area contributed by atoms with E-state index in [0.717, 1.165) is 12.2 Å². The third-order valence-corrected chi connectivity index (χ3v) is 4.24. The van der Waals surface area contributed by atoms with Gasteiger partial charge in [-0.2, -0.15) is 0 Å². The number of hydrogen-bond donors (Lipinski definition) is 1. The van der Waals surface area contributed by atoms with E-state index in [9.17, 15) is 8.42 Å². The Morgan fingerprint density at radius 3 is 2.70 bits per heavy atom. The van der Waals surface area contributed by atoms with Gasteiger partial charge in [0.1, 0.15) is 5.76 Å². The number of sulfone groups is 1. The molecular formula is C14H14N2O3S. The summed E-state index contributed by atoms with van der Waals surface area (Å²) < 4.78 is 28.7. The van der Waals surface area contributed by atoms with Crippen LogP contribution >= 0.6 is 0 Å². The molecule has 5 nitrogen and oxygen atoms in total. The van der Waals surface area contributed by atoms with Crippen LogP contribution in [0.3, 0.4) is 0 Å². The normalized spacial score (nSPS) is 12.1. The van der Waals surface area contributed by atoms with Gasteiger partial charge in [0, 0.05) is 12.7 Å². The smallest absolute Gasteiger partial charge is 0.175 e. The molecule has 1 aromatic carbocycles. The standard InChI is InChI=1S/C14H14N2O3S/c1-3-9-4-7-13(19-9)14-15-11-6-5-10(20(2,17)18)8-12(11)16-14/h4-8H,3H2,1-2H3,(H,15,16). The fourth-order valence-electron chi connectivity index (χ4n) is 2.03. The zero-order valence-corrected chi connectivity index (χ0v) is 12.0. The minimum Gasteiger partial charge on any atom is -0.458 e. The number of furan rings is 1. The molecule has 2 heterocycles. The molecule has 0 spiro atoms. The van der Waals surface area contributed by atoms with E-state index in [0.29, 0.717) is 22.6 Å². The van der Waals surface area contributed by atoms with Crippen LogP contribution in [0.2, 0.25) is 0 Å². The number of hydrogen-bond acceptors (Lipinski definition) is 4. The van der Waals surface area contributed by atoms with Crippen molar-refractivity contribution in [3.63, 3.8) is 0 Å². The Hall–Kier alpha value is -2.08. The summed E-state index contributed by atoms with van der Waals surface area (Å²) in [6.45, 7) is 2.01. The summed E-state index contributed by atoms with van der Waals surface area (Å²) >= 11 is 0. The van der Waals surface area contributed by atoms with Crippen LogP contribution in [0.25, 0.3) is 22.6 Å². The van der Waals surface area contributed by atoms with Crippen molar-refractivity contribution in [3.8, 4) is 11.6 Å². The van der Waals surface area contributed by atoms with Gasteiger partial charge < -0.3 is 9.40 Å². The van der Waals surface area contributed by atoms with Gasteiger partial charge in [-0.1, -0.05) is 6.92 Å². The molecule has 0 aliphatic carbocycles. The van der Waals surface area contributed by atoms with E-state index in [2.05, 4.69) is 9.97 Å². The lowest BCUT2D eigenvalue weighted by Gasteiger charge is -1.96. The van der Waals surface area contributed by atoms with Crippen molar-refractivity contribution in [1.82, 2.24) is 9.97 Å². The van der Waals surface area contributed by atoms with Crippen molar-refractivity contribution in [2.24, 2.45) is 0 Å². The van der Waals surface area contributed by atoms with Gasteiger partial charge >= 0.3 is 0 Å². The molecule has 0 fully saturated rings. The predicted molar refractivity (Wildman–Crippen MR) is 76.3 cm³/mol. The summed E-state index contributed by atoms with van der Waals surface area (Å²) in [7, 11) is -3.22. The van der Waals surface area contributed by atoms with E-state index in [1.165, 1.54) is 6.26 Å². The van der Waals surface area contributed by atoms with Crippen molar-refractivity contribution in [3.05, 3.63) is 36.1 Å². The summed E-state index contributed by atoms with van der Waals surface area (Å²) in [5.41, 5.74) is 1.39. The third-order valence-electron chi connectivity index (χ3n) is 3.13. The number of benzene rings is 1. The van der Waals surface area contributed by atoms with Crippen LogP contribution < -0.4 is 0 Å². The average molecular weight is 290 g/mol. The molecule has 0 amide bonds. The van der Waals surface area contributed by atoms with E-state index in [4.69, 9.17) is 4.42 Å². The zero-order chi connectivity index (χ0) is 14.3. The number of H-pyrrole nitrogens is 1. The number of fused-ring (bicyclic) bond motifs is 1. The monoisotopic (exact) mass is 290 g/mol. The largest absolute Gasteiger partial charge is 0.458 e. The summed E-state index contributed by atoms with van der Waals surface area (Å²) in [4.78, 5) is 7.77. The molecular weight excluding hydrogens is 276 g/mol. The summed E-state index contributed by atoms with van der Waals surface area (Å²) in [5.74, 6) is 2.14. The summed E-state index contributed by atoms with van der Waals surface area (Å²) in [6.07, 6.45) is 2.00. The highest BCUT2D eigenvalue weighted by atomic mass is 32.2. The molecule has 1 N–H and O–H groups in total. The molecule has 0 atom stereocenters. The maximum atomic E-state index is 11.5. The quantitative estimate of drug-likeness (QED) is 0.804. The maximum absolute atomic E-state index is 11.5. The second-order valence-electron chi connectivity index (χ2n) is 4.66. The molecule has 0 radical (unpaired) electrons. The van der Waals surface area contributed by atoms with Crippen LogP contribution in [0.4, 0.5) is 0 Å². The molecule has 0 unspecified atom stereocenters. The molecule has 3 aromatic rings. The Kier molecular flexibility index (Phi) is 2.90. The Labute approximate surface area is 116 Å². The first kappa shape index (κ1) is 12.9. The van der Waals surface area contributed by atoms with Gasteiger partial charge in [-0.05, 0) is 30.3 Å². The molecule has 0 saturated carbocycles. The molecule has 2 aromatic heterocycles. The number of aromatic nitrogens is 2. The van der Waals surface area contributed by atoms with Crippen LogP contribution in [0.1, 0.15) is 12.7 Å². The van der Waals surface area contributed by atoms with Crippen LogP contribution in [0, 0.1) is 0 Å².